The average Bonchev–Trinajstić information content (AvgIpc) is 3.70. The van der Waals surface area contributed by atoms with Crippen molar-refractivity contribution in [3.8, 4) is 0 Å². The van der Waals surface area contributed by atoms with E-state index in [4.69, 9.17) is 4.74 Å². The summed E-state index contributed by atoms with van der Waals surface area (Å²) >= 11 is 0. The highest BCUT2D eigenvalue weighted by Gasteiger charge is 2.59. The molecule has 0 saturated heterocycles. The van der Waals surface area contributed by atoms with Crippen LogP contribution in [0.5, 0.6) is 0 Å². The van der Waals surface area contributed by atoms with Crippen molar-refractivity contribution in [1.82, 2.24) is 4.48 Å². The summed E-state index contributed by atoms with van der Waals surface area (Å²) in [5.74, 6) is 4.76. The second-order valence-electron chi connectivity index (χ2n) is 17.2. The summed E-state index contributed by atoms with van der Waals surface area (Å²) in [6, 6.07) is 1.76. The van der Waals surface area contributed by atoms with Crippen LogP contribution in [0, 0.1) is 60.2 Å². The molecule has 1 aliphatic heterocycles. The van der Waals surface area contributed by atoms with Crippen LogP contribution in [-0.2, 0) is 9.53 Å². The molecule has 262 valence electrons. The number of esters is 1. The molecule has 0 spiro atoms. The Morgan fingerprint density at radius 1 is 1.08 bits per heavy atom. The smallest absolute Gasteiger partial charge is 0.462 e. The van der Waals surface area contributed by atoms with Crippen molar-refractivity contribution in [1.29, 1.82) is 0 Å². The molecule has 48 heavy (non-hydrogen) atoms. The van der Waals surface area contributed by atoms with Crippen LogP contribution < -0.4 is 0 Å². The number of hydrogen-bond donors (Lipinski definition) is 0. The first kappa shape index (κ1) is 35.4. The van der Waals surface area contributed by atoms with Gasteiger partial charge in [-0.05, 0) is 135 Å². The van der Waals surface area contributed by atoms with Crippen LogP contribution in [0.3, 0.4) is 0 Å². The number of fused-ring (bicyclic) bond motifs is 5. The fourth-order valence-corrected chi connectivity index (χ4v) is 11.3. The Morgan fingerprint density at radius 3 is 2.62 bits per heavy atom. The average molecular weight is 661 g/mol. The van der Waals surface area contributed by atoms with Gasteiger partial charge in [-0.15, -0.1) is 0 Å². The van der Waals surface area contributed by atoms with Crippen LogP contribution in [0.2, 0.25) is 0 Å². The molecule has 0 bridgehead atoms. The second kappa shape index (κ2) is 14.1. The molecular weight excluding hydrogens is 601 g/mol. The van der Waals surface area contributed by atoms with Crippen molar-refractivity contribution in [2.24, 2.45) is 51.3 Å². The van der Waals surface area contributed by atoms with E-state index in [-0.39, 0.29) is 23.9 Å². The van der Waals surface area contributed by atoms with Gasteiger partial charge in [0.25, 0.3) is 0 Å². The van der Waals surface area contributed by atoms with E-state index in [1.807, 2.05) is 19.1 Å². The van der Waals surface area contributed by atoms with Crippen molar-refractivity contribution >= 4 is 25.2 Å². The van der Waals surface area contributed by atoms with Crippen molar-refractivity contribution < 1.29 is 18.2 Å². The lowest BCUT2D eigenvalue weighted by Crippen LogP contribution is -2.51. The Kier molecular flexibility index (Phi) is 10.4. The Hall–Kier alpha value is -2.44. The molecule has 1 aromatic heterocycles. The molecule has 5 aliphatic rings. The van der Waals surface area contributed by atoms with Gasteiger partial charge in [0.05, 0.1) is 12.1 Å². The lowest BCUT2D eigenvalue weighted by atomic mass is 9.47. The molecule has 6 rings (SSSR count). The van der Waals surface area contributed by atoms with E-state index in [2.05, 4.69) is 45.7 Å². The van der Waals surface area contributed by atoms with Gasteiger partial charge in [0.15, 0.2) is 0 Å². The van der Waals surface area contributed by atoms with Gasteiger partial charge in [-0.1, -0.05) is 65.5 Å². The Bertz CT molecular complexity index is 1490. The number of halogens is 2. The van der Waals surface area contributed by atoms with E-state index in [0.717, 1.165) is 70.5 Å². The van der Waals surface area contributed by atoms with Gasteiger partial charge >= 0.3 is 13.4 Å². The molecule has 2 heterocycles. The third-order valence-electron chi connectivity index (χ3n) is 13.8. The van der Waals surface area contributed by atoms with Crippen LogP contribution in [0.25, 0.3) is 6.08 Å². The zero-order valence-electron chi connectivity index (χ0n) is 30.7. The number of allylic oxidation sites excluding steroid dienone is 3. The highest BCUT2D eigenvalue weighted by molar-refractivity contribution is 6.41. The van der Waals surface area contributed by atoms with Crippen LogP contribution in [-0.4, -0.2) is 29.7 Å². The molecule has 3 saturated carbocycles. The van der Waals surface area contributed by atoms with Gasteiger partial charge in [0, 0.05) is 29.9 Å². The Morgan fingerprint density at radius 2 is 1.88 bits per heavy atom. The van der Waals surface area contributed by atoms with Gasteiger partial charge in [-0.2, -0.15) is 0 Å². The van der Waals surface area contributed by atoms with Crippen molar-refractivity contribution in [3.63, 3.8) is 0 Å². The predicted molar refractivity (Wildman–Crippen MR) is 194 cm³/mol. The number of carbonyl (C=O) groups is 1. The zero-order valence-corrected chi connectivity index (χ0v) is 30.7. The van der Waals surface area contributed by atoms with E-state index in [9.17, 15) is 13.4 Å². The molecular formula is C41H59BF2N2O2. The fourth-order valence-electron chi connectivity index (χ4n) is 11.3. The van der Waals surface area contributed by atoms with E-state index in [0.29, 0.717) is 28.9 Å². The fraction of sp³-hybridized carbons (Fsp3) is 0.707. The van der Waals surface area contributed by atoms with Gasteiger partial charge in [-0.25, -0.2) is 0 Å². The topological polar surface area (TPSA) is 43.6 Å². The lowest BCUT2D eigenvalue weighted by Gasteiger charge is -2.58. The van der Waals surface area contributed by atoms with Crippen LogP contribution in [0.4, 0.5) is 8.63 Å². The molecule has 0 unspecified atom stereocenters. The van der Waals surface area contributed by atoms with Crippen LogP contribution >= 0.6 is 0 Å². The number of rotatable bonds is 11. The van der Waals surface area contributed by atoms with E-state index < -0.39 is 7.40 Å². The minimum absolute atomic E-state index is 0.0466. The number of aliphatic imine (C=N–C) groups is 1. The van der Waals surface area contributed by atoms with Crippen molar-refractivity contribution in [2.45, 2.75) is 138 Å². The highest BCUT2D eigenvalue weighted by Crippen LogP contribution is 2.67. The molecule has 7 heteroatoms. The predicted octanol–water partition coefficient (Wildman–Crippen LogP) is 11.0. The van der Waals surface area contributed by atoms with Gasteiger partial charge in [0.1, 0.15) is 6.10 Å². The van der Waals surface area contributed by atoms with Gasteiger partial charge < -0.3 is 9.21 Å². The largest absolute Gasteiger partial charge is 0.677 e. The normalized spacial score (nSPS) is 34.0. The van der Waals surface area contributed by atoms with Gasteiger partial charge in [-0.3, -0.25) is 18.4 Å². The maximum Gasteiger partial charge on any atom is 0.677 e. The Balaban J connectivity index is 1.02. The van der Waals surface area contributed by atoms with E-state index in [1.165, 1.54) is 51.4 Å². The number of nitrogens with zero attached hydrogens (tertiary/aromatic N) is 2. The summed E-state index contributed by atoms with van der Waals surface area (Å²) in [6.07, 6.45) is 22.5. The molecule has 0 aromatic carbocycles. The zero-order chi connectivity index (χ0) is 34.4. The molecule has 0 radical (unpaired) electrons. The summed E-state index contributed by atoms with van der Waals surface area (Å²) < 4.78 is 34.3. The van der Waals surface area contributed by atoms with Crippen LogP contribution in [0.15, 0.2) is 40.6 Å². The van der Waals surface area contributed by atoms with Gasteiger partial charge in [0.2, 0.25) is 0 Å². The lowest BCUT2D eigenvalue weighted by molar-refractivity contribution is -0.151. The minimum Gasteiger partial charge on any atom is -0.462 e. The molecule has 8 atom stereocenters. The number of aromatic nitrogens is 1. The standard InChI is InChI=1S/C41H59BF2N2O2/c1-26(2)9-8-10-27(3)35-16-17-36-34-15-11-30-24-33(19-21-40(30,6)37(34)20-22-41(35,36)7)48-39(47)18-14-31-12-13-32(45-31)25-38-28(4)23-29(5)46(38)42(43)44/h11-13,23,25-27,33-37H,8-10,14-22,24H2,1-7H3/b32-25+/t27-,33+,34+,35-,36+,37+,40+,41-/m1/s1. The summed E-state index contributed by atoms with van der Waals surface area (Å²) in [7, 11) is -2.60. The first-order valence-corrected chi connectivity index (χ1v) is 19.1. The van der Waals surface area contributed by atoms with Crippen molar-refractivity contribution in [3.05, 3.63) is 52.5 Å². The number of carbonyl (C=O) groups excluding carboxylic acids is 1. The SMILES string of the molecule is Cc1cc(C)n(B(F)F)c1/C=C1\C=CC(CCC(=O)O[C@H]2CC[C@@]3(C)C(=CC[C@H]4[C@@H]5CC[C@H]([C@H](C)CCCC(C)C)[C@@]5(C)CC[C@@H]43)C2)=N1. The molecule has 0 amide bonds. The van der Waals surface area contributed by atoms with Crippen molar-refractivity contribution in [2.75, 3.05) is 0 Å². The van der Waals surface area contributed by atoms with E-state index >= 15 is 0 Å². The molecule has 1 aromatic rings. The Labute approximate surface area is 289 Å². The molecule has 4 nitrogen and oxygen atoms in total. The molecule has 4 aliphatic carbocycles. The number of hydrogen-bond acceptors (Lipinski definition) is 3. The third kappa shape index (κ3) is 6.82. The minimum atomic E-state index is -2.60. The summed E-state index contributed by atoms with van der Waals surface area (Å²) in [6.45, 7) is 16.0. The summed E-state index contributed by atoms with van der Waals surface area (Å²) in [5, 5.41) is 0. The van der Waals surface area contributed by atoms with E-state index in [1.54, 1.807) is 24.6 Å². The first-order valence-electron chi connectivity index (χ1n) is 19.1. The second-order valence-corrected chi connectivity index (χ2v) is 17.2. The summed E-state index contributed by atoms with van der Waals surface area (Å²) in [5.41, 5.74) is 5.47. The quantitative estimate of drug-likeness (QED) is 0.135. The third-order valence-corrected chi connectivity index (χ3v) is 13.8. The number of aryl methyl sites for hydroxylation is 2. The maximum absolute atomic E-state index is 13.6. The first-order chi connectivity index (χ1) is 22.8. The summed E-state index contributed by atoms with van der Waals surface area (Å²) in [4.78, 5) is 17.6. The molecule has 3 fully saturated rings. The maximum atomic E-state index is 13.6. The molecule has 0 N–H and O–H groups in total. The number of ether oxygens (including phenoxy) is 1. The monoisotopic (exact) mass is 660 g/mol. The highest BCUT2D eigenvalue weighted by atomic mass is 19.2. The van der Waals surface area contributed by atoms with Crippen LogP contribution in [0.1, 0.15) is 135 Å².